The minimum Gasteiger partial charge on any atom is -0.508 e. The lowest BCUT2D eigenvalue weighted by atomic mass is 10.1. The summed E-state index contributed by atoms with van der Waals surface area (Å²) in [6, 6.07) is 12.1. The molecule has 30 heavy (non-hydrogen) atoms. The first kappa shape index (κ1) is 23.5. The van der Waals surface area contributed by atoms with Gasteiger partial charge in [0, 0.05) is 18.2 Å². The fourth-order valence-corrected chi connectivity index (χ4v) is 2.72. The number of aliphatic hydroxyl groups excluding tert-OH is 2. The fourth-order valence-electron chi connectivity index (χ4n) is 2.72. The minimum atomic E-state index is -0.715. The van der Waals surface area contributed by atoms with Crippen LogP contribution < -0.4 is 14.8 Å². The largest absolute Gasteiger partial charge is 0.508 e. The number of aromatic hydroxyl groups is 1. The number of rotatable bonds is 12. The van der Waals surface area contributed by atoms with Crippen LogP contribution in [-0.4, -0.2) is 60.3 Å². The van der Waals surface area contributed by atoms with Crippen molar-refractivity contribution in [2.45, 2.75) is 32.1 Å². The van der Waals surface area contributed by atoms with Gasteiger partial charge >= 0.3 is 5.97 Å². The van der Waals surface area contributed by atoms with E-state index < -0.39 is 12.1 Å². The first-order valence-corrected chi connectivity index (χ1v) is 9.66. The topological polar surface area (TPSA) is 117 Å². The maximum atomic E-state index is 11.1. The standard InChI is InChI=1S/C22H29NO7/c1-15(9-16-3-5-19(6-4-16)30-14-22(27)28-2)23-11-18(25)13-29-20-7-8-21(26)17(10-20)12-24/h3-8,10,15,18,23-26H,9,11-14H2,1-2H3/t15-,18+/m1/s1. The average molecular weight is 419 g/mol. The van der Waals surface area contributed by atoms with E-state index in [1.165, 1.54) is 19.2 Å². The van der Waals surface area contributed by atoms with Crippen molar-refractivity contribution < 1.29 is 34.3 Å². The number of phenols is 1. The molecule has 0 spiro atoms. The summed E-state index contributed by atoms with van der Waals surface area (Å²) in [5.41, 5.74) is 1.46. The highest BCUT2D eigenvalue weighted by Crippen LogP contribution is 2.23. The summed E-state index contributed by atoms with van der Waals surface area (Å²) >= 11 is 0. The molecule has 2 aromatic rings. The first-order chi connectivity index (χ1) is 14.4. The molecule has 0 amide bonds. The number of benzene rings is 2. The first-order valence-electron chi connectivity index (χ1n) is 9.66. The molecule has 4 N–H and O–H groups in total. The quantitative estimate of drug-likeness (QED) is 0.382. The van der Waals surface area contributed by atoms with Gasteiger partial charge in [0.05, 0.1) is 13.7 Å². The van der Waals surface area contributed by atoms with Crippen LogP contribution in [0.2, 0.25) is 0 Å². The molecule has 0 aliphatic heterocycles. The Bertz CT molecular complexity index is 795. The zero-order valence-corrected chi connectivity index (χ0v) is 17.2. The third-order valence-corrected chi connectivity index (χ3v) is 4.42. The molecule has 0 aliphatic carbocycles. The molecular weight excluding hydrogens is 390 g/mol. The second kappa shape index (κ2) is 12.0. The van der Waals surface area contributed by atoms with E-state index in [-0.39, 0.29) is 31.6 Å². The zero-order chi connectivity index (χ0) is 21.9. The van der Waals surface area contributed by atoms with Crippen molar-refractivity contribution in [3.63, 3.8) is 0 Å². The molecule has 0 saturated carbocycles. The summed E-state index contributed by atoms with van der Waals surface area (Å²) in [5, 5.41) is 32.1. The van der Waals surface area contributed by atoms with Gasteiger partial charge < -0.3 is 34.8 Å². The van der Waals surface area contributed by atoms with E-state index >= 15 is 0 Å². The number of aliphatic hydroxyl groups is 2. The molecule has 2 atom stereocenters. The Labute approximate surface area is 176 Å². The molecule has 0 saturated heterocycles. The number of carbonyl (C=O) groups excluding carboxylic acids is 1. The van der Waals surface area contributed by atoms with Crippen LogP contribution in [0.15, 0.2) is 42.5 Å². The summed E-state index contributed by atoms with van der Waals surface area (Å²) in [6.45, 7) is 2.04. The predicted molar refractivity (Wildman–Crippen MR) is 111 cm³/mol. The summed E-state index contributed by atoms with van der Waals surface area (Å²) in [7, 11) is 1.31. The van der Waals surface area contributed by atoms with E-state index in [1.54, 1.807) is 18.2 Å². The van der Waals surface area contributed by atoms with E-state index in [2.05, 4.69) is 10.1 Å². The van der Waals surface area contributed by atoms with E-state index in [9.17, 15) is 15.0 Å². The van der Waals surface area contributed by atoms with Crippen molar-refractivity contribution in [3.05, 3.63) is 53.6 Å². The minimum absolute atomic E-state index is 0.00366. The average Bonchev–Trinajstić information content (AvgIpc) is 2.76. The van der Waals surface area contributed by atoms with Crippen molar-refractivity contribution in [2.24, 2.45) is 0 Å². The van der Waals surface area contributed by atoms with Crippen LogP contribution in [-0.2, 0) is 22.6 Å². The Hall–Kier alpha value is -2.81. The third-order valence-electron chi connectivity index (χ3n) is 4.42. The molecule has 0 aliphatic rings. The second-order valence-electron chi connectivity index (χ2n) is 6.94. The Morgan fingerprint density at radius 2 is 1.80 bits per heavy atom. The highest BCUT2D eigenvalue weighted by Gasteiger charge is 2.10. The van der Waals surface area contributed by atoms with Gasteiger partial charge in [-0.25, -0.2) is 4.79 Å². The number of hydrogen-bond donors (Lipinski definition) is 4. The molecule has 2 aromatic carbocycles. The Morgan fingerprint density at radius 1 is 1.10 bits per heavy atom. The monoisotopic (exact) mass is 419 g/mol. The van der Waals surface area contributed by atoms with E-state index in [1.807, 2.05) is 19.1 Å². The van der Waals surface area contributed by atoms with Crippen LogP contribution in [0.4, 0.5) is 0 Å². The summed E-state index contributed by atoms with van der Waals surface area (Å²) in [5.74, 6) is 0.636. The molecule has 0 heterocycles. The lowest BCUT2D eigenvalue weighted by Gasteiger charge is -2.18. The van der Waals surface area contributed by atoms with Crippen molar-refractivity contribution in [3.8, 4) is 17.2 Å². The smallest absolute Gasteiger partial charge is 0.343 e. The van der Waals surface area contributed by atoms with Crippen molar-refractivity contribution >= 4 is 5.97 Å². The number of esters is 1. The number of ether oxygens (including phenoxy) is 3. The fraction of sp³-hybridized carbons (Fsp3) is 0.409. The van der Waals surface area contributed by atoms with Crippen molar-refractivity contribution in [2.75, 3.05) is 26.9 Å². The summed E-state index contributed by atoms with van der Waals surface area (Å²) < 4.78 is 15.4. The lowest BCUT2D eigenvalue weighted by Crippen LogP contribution is -2.37. The van der Waals surface area contributed by atoms with E-state index in [4.69, 9.17) is 14.6 Å². The Kier molecular flexibility index (Phi) is 9.40. The van der Waals surface area contributed by atoms with Gasteiger partial charge in [0.2, 0.25) is 0 Å². The Balaban J connectivity index is 1.70. The molecule has 8 heteroatoms. The van der Waals surface area contributed by atoms with Crippen molar-refractivity contribution in [1.29, 1.82) is 0 Å². The number of methoxy groups -OCH3 is 1. The van der Waals surface area contributed by atoms with E-state index in [0.717, 1.165) is 12.0 Å². The lowest BCUT2D eigenvalue weighted by molar-refractivity contribution is -0.142. The Morgan fingerprint density at radius 3 is 2.47 bits per heavy atom. The molecule has 2 rings (SSSR count). The van der Waals surface area contributed by atoms with E-state index in [0.29, 0.717) is 23.6 Å². The summed E-state index contributed by atoms with van der Waals surface area (Å²) in [4.78, 5) is 11.1. The molecule has 8 nitrogen and oxygen atoms in total. The maximum Gasteiger partial charge on any atom is 0.343 e. The SMILES string of the molecule is COC(=O)COc1ccc(C[C@@H](C)NC[C@H](O)COc2ccc(O)c(CO)c2)cc1. The van der Waals surface area contributed by atoms with Crippen LogP contribution in [0.3, 0.4) is 0 Å². The van der Waals surface area contributed by atoms with Gasteiger partial charge in [-0.1, -0.05) is 12.1 Å². The van der Waals surface area contributed by atoms with Crippen LogP contribution in [0.25, 0.3) is 0 Å². The van der Waals surface area contributed by atoms with Crippen molar-refractivity contribution in [1.82, 2.24) is 5.32 Å². The van der Waals surface area contributed by atoms with Gasteiger partial charge in [0.25, 0.3) is 0 Å². The van der Waals surface area contributed by atoms with Gasteiger partial charge in [-0.3, -0.25) is 0 Å². The molecule has 0 unspecified atom stereocenters. The van der Waals surface area contributed by atoms with Crippen LogP contribution in [0.5, 0.6) is 17.2 Å². The van der Waals surface area contributed by atoms with Gasteiger partial charge in [0.1, 0.15) is 30.0 Å². The van der Waals surface area contributed by atoms with Crippen LogP contribution in [0.1, 0.15) is 18.1 Å². The highest BCUT2D eigenvalue weighted by atomic mass is 16.6. The molecule has 164 valence electrons. The van der Waals surface area contributed by atoms with Gasteiger partial charge in [-0.05, 0) is 49.2 Å². The number of nitrogens with one attached hydrogen (secondary N) is 1. The maximum absolute atomic E-state index is 11.1. The van der Waals surface area contributed by atoms with Gasteiger partial charge in [0.15, 0.2) is 6.61 Å². The third kappa shape index (κ3) is 7.90. The zero-order valence-electron chi connectivity index (χ0n) is 17.2. The molecular formula is C22H29NO7. The van der Waals surface area contributed by atoms with Crippen LogP contribution >= 0.6 is 0 Å². The highest BCUT2D eigenvalue weighted by molar-refractivity contribution is 5.70. The normalized spacial score (nSPS) is 12.8. The molecule has 0 fully saturated rings. The molecule has 0 bridgehead atoms. The summed E-state index contributed by atoms with van der Waals surface area (Å²) in [6.07, 6.45) is 0.0378. The van der Waals surface area contributed by atoms with Gasteiger partial charge in [-0.2, -0.15) is 0 Å². The van der Waals surface area contributed by atoms with Crippen LogP contribution in [0, 0.1) is 0 Å². The predicted octanol–water partition coefficient (Wildman–Crippen LogP) is 1.40. The second-order valence-corrected chi connectivity index (χ2v) is 6.94. The number of hydrogen-bond acceptors (Lipinski definition) is 8. The molecule has 0 radical (unpaired) electrons. The number of carbonyl (C=O) groups is 1. The van der Waals surface area contributed by atoms with Gasteiger partial charge in [-0.15, -0.1) is 0 Å². The molecule has 0 aromatic heterocycles.